The molecule has 0 bridgehead atoms. The van der Waals surface area contributed by atoms with Gasteiger partial charge in [0, 0.05) is 25.8 Å². The highest BCUT2D eigenvalue weighted by molar-refractivity contribution is 5.96. The van der Waals surface area contributed by atoms with Gasteiger partial charge in [0.05, 0.1) is 7.11 Å². The minimum absolute atomic E-state index is 0.0115. The zero-order valence-corrected chi connectivity index (χ0v) is 26.2. The van der Waals surface area contributed by atoms with Crippen LogP contribution in [0.2, 0.25) is 0 Å². The lowest BCUT2D eigenvalue weighted by atomic mass is 9.92. The van der Waals surface area contributed by atoms with Crippen LogP contribution in [0, 0.1) is 5.92 Å². The van der Waals surface area contributed by atoms with Crippen molar-refractivity contribution in [3.05, 3.63) is 29.8 Å². The molecule has 9 nitrogen and oxygen atoms in total. The molecule has 234 valence electrons. The second-order valence-electron chi connectivity index (χ2n) is 12.1. The molecule has 1 saturated carbocycles. The molecule has 3 atom stereocenters. The van der Waals surface area contributed by atoms with E-state index in [1.807, 2.05) is 47.9 Å². The summed E-state index contributed by atoms with van der Waals surface area (Å²) in [6, 6.07) is 6.34. The lowest BCUT2D eigenvalue weighted by molar-refractivity contribution is -0.151. The largest absolute Gasteiger partial charge is 0.497 e. The molecule has 1 saturated heterocycles. The molecule has 2 aliphatic rings. The summed E-state index contributed by atoms with van der Waals surface area (Å²) in [5, 5.41) is 3.09. The number of ether oxygens (including phenoxy) is 1. The highest BCUT2D eigenvalue weighted by Crippen LogP contribution is 2.48. The first kappa shape index (κ1) is 33.4. The molecular formula is C33H52N4O5. The monoisotopic (exact) mass is 584 g/mol. The Balaban J connectivity index is 1.94. The Morgan fingerprint density at radius 1 is 1.02 bits per heavy atom. The average molecular weight is 585 g/mol. The Morgan fingerprint density at radius 3 is 2.29 bits per heavy atom. The van der Waals surface area contributed by atoms with Gasteiger partial charge in [-0.1, -0.05) is 58.6 Å². The average Bonchev–Trinajstić information content (AvgIpc) is 3.54. The fourth-order valence-corrected chi connectivity index (χ4v) is 6.69. The van der Waals surface area contributed by atoms with Gasteiger partial charge in [0.1, 0.15) is 23.5 Å². The summed E-state index contributed by atoms with van der Waals surface area (Å²) in [6.45, 7) is 6.65. The number of hydrogen-bond donors (Lipinski definition) is 2. The van der Waals surface area contributed by atoms with Crippen LogP contribution in [-0.2, 0) is 25.6 Å². The molecule has 2 fully saturated rings. The van der Waals surface area contributed by atoms with Crippen LogP contribution in [0.1, 0.15) is 110 Å². The minimum Gasteiger partial charge on any atom is -0.497 e. The van der Waals surface area contributed by atoms with Crippen LogP contribution in [0.4, 0.5) is 0 Å². The maximum atomic E-state index is 14.6. The Bertz CT molecular complexity index is 1050. The van der Waals surface area contributed by atoms with E-state index >= 15 is 0 Å². The fourth-order valence-electron chi connectivity index (χ4n) is 6.69. The first-order valence-electron chi connectivity index (χ1n) is 16.0. The molecule has 1 aromatic rings. The maximum absolute atomic E-state index is 14.6. The summed E-state index contributed by atoms with van der Waals surface area (Å²) < 4.78 is 5.32. The minimum atomic E-state index is -0.787. The van der Waals surface area contributed by atoms with Crippen molar-refractivity contribution in [3.63, 3.8) is 0 Å². The van der Waals surface area contributed by atoms with Gasteiger partial charge in [0.2, 0.25) is 23.6 Å². The predicted molar refractivity (Wildman–Crippen MR) is 163 cm³/mol. The quantitative estimate of drug-likeness (QED) is 0.257. The van der Waals surface area contributed by atoms with Crippen LogP contribution in [-0.4, -0.2) is 64.8 Å². The summed E-state index contributed by atoms with van der Waals surface area (Å²) >= 11 is 0. The Morgan fingerprint density at radius 2 is 1.69 bits per heavy atom. The molecule has 1 aromatic carbocycles. The van der Waals surface area contributed by atoms with Crippen molar-refractivity contribution in [2.45, 2.75) is 128 Å². The number of rotatable bonds is 17. The number of carbonyl (C=O) groups is 4. The third-order valence-corrected chi connectivity index (χ3v) is 9.12. The molecule has 42 heavy (non-hydrogen) atoms. The van der Waals surface area contributed by atoms with Crippen molar-refractivity contribution >= 4 is 23.6 Å². The van der Waals surface area contributed by atoms with E-state index in [0.29, 0.717) is 45.1 Å². The molecule has 9 heteroatoms. The molecule has 3 rings (SSSR count). The van der Waals surface area contributed by atoms with Crippen molar-refractivity contribution in [1.29, 1.82) is 0 Å². The summed E-state index contributed by atoms with van der Waals surface area (Å²) in [7, 11) is 1.62. The number of carbonyl (C=O) groups excluding carboxylic acids is 4. The standard InChI is InChI=1S/C33H52N4O5/c1-5-7-9-15-29(39)36-27(23-25-16-18-26(42-4)19-17-25)32(41)37(33(36)20-11-12-21-33)30(24(3)6-2)31(40)35-22-13-8-10-14-28(34)38/h16-19,24,27,30H,5-15,20-23H2,1-4H3,(H2,34,38)(H,35,40). The molecule has 1 heterocycles. The van der Waals surface area contributed by atoms with Crippen molar-refractivity contribution < 1.29 is 23.9 Å². The molecule has 3 unspecified atom stereocenters. The van der Waals surface area contributed by atoms with E-state index in [1.165, 1.54) is 0 Å². The second kappa shape index (κ2) is 15.9. The van der Waals surface area contributed by atoms with Crippen LogP contribution in [0.15, 0.2) is 24.3 Å². The van der Waals surface area contributed by atoms with Gasteiger partial charge in [0.15, 0.2) is 0 Å². The van der Waals surface area contributed by atoms with Gasteiger partial charge in [-0.3, -0.25) is 19.2 Å². The molecule has 4 amide bonds. The summed E-state index contributed by atoms with van der Waals surface area (Å²) in [5.74, 6) is 0.0562. The highest BCUT2D eigenvalue weighted by atomic mass is 16.5. The predicted octanol–water partition coefficient (Wildman–Crippen LogP) is 4.70. The Kier molecular flexibility index (Phi) is 12.7. The summed E-state index contributed by atoms with van der Waals surface area (Å²) in [4.78, 5) is 57.2. The first-order chi connectivity index (χ1) is 20.2. The number of benzene rings is 1. The smallest absolute Gasteiger partial charge is 0.248 e. The number of hydrogen-bond acceptors (Lipinski definition) is 5. The van der Waals surface area contributed by atoms with Gasteiger partial charge >= 0.3 is 0 Å². The molecule has 0 radical (unpaired) electrons. The van der Waals surface area contributed by atoms with E-state index in [4.69, 9.17) is 10.5 Å². The number of nitrogens with one attached hydrogen (secondary N) is 1. The van der Waals surface area contributed by atoms with Crippen LogP contribution in [0.5, 0.6) is 5.75 Å². The molecule has 3 N–H and O–H groups in total. The van der Waals surface area contributed by atoms with E-state index in [-0.39, 0.29) is 29.5 Å². The van der Waals surface area contributed by atoms with E-state index in [1.54, 1.807) is 7.11 Å². The third-order valence-electron chi connectivity index (χ3n) is 9.12. The summed E-state index contributed by atoms with van der Waals surface area (Å²) in [6.07, 6.45) is 10.0. The SMILES string of the molecule is CCCCCC(=O)N1C(Cc2ccc(OC)cc2)C(=O)N(C(C(=O)NCCCCCC(N)=O)C(C)CC)C12CCCC2. The van der Waals surface area contributed by atoms with Gasteiger partial charge in [-0.25, -0.2) is 0 Å². The molecule has 0 aromatic heterocycles. The third kappa shape index (κ3) is 7.84. The molecule has 1 aliphatic heterocycles. The number of amides is 4. The van der Waals surface area contributed by atoms with Crippen molar-refractivity contribution in [1.82, 2.24) is 15.1 Å². The molecule has 1 spiro atoms. The Labute approximate surface area is 251 Å². The van der Waals surface area contributed by atoms with E-state index in [2.05, 4.69) is 12.2 Å². The lowest BCUT2D eigenvalue weighted by Gasteiger charge is -2.46. The van der Waals surface area contributed by atoms with Gasteiger partial charge in [-0.05, 0) is 68.6 Å². The molecular weight excluding hydrogens is 532 g/mol. The zero-order valence-electron chi connectivity index (χ0n) is 26.2. The maximum Gasteiger partial charge on any atom is 0.248 e. The Hall–Kier alpha value is -3.10. The number of unbranched alkanes of at least 4 members (excludes halogenated alkanes) is 4. The second-order valence-corrected chi connectivity index (χ2v) is 12.1. The van der Waals surface area contributed by atoms with E-state index < -0.39 is 17.7 Å². The number of methoxy groups -OCH3 is 1. The fraction of sp³-hybridized carbons (Fsp3) is 0.697. The number of nitrogens with zero attached hydrogens (tertiary/aromatic N) is 2. The lowest BCUT2D eigenvalue weighted by Crippen LogP contribution is -2.62. The zero-order chi connectivity index (χ0) is 30.7. The van der Waals surface area contributed by atoms with Crippen molar-refractivity contribution in [3.8, 4) is 5.75 Å². The first-order valence-corrected chi connectivity index (χ1v) is 16.0. The van der Waals surface area contributed by atoms with Crippen molar-refractivity contribution in [2.24, 2.45) is 11.7 Å². The van der Waals surface area contributed by atoms with Crippen LogP contribution in [0.3, 0.4) is 0 Å². The van der Waals surface area contributed by atoms with Gasteiger partial charge in [0.25, 0.3) is 0 Å². The number of primary amides is 1. The summed E-state index contributed by atoms with van der Waals surface area (Å²) in [5.41, 5.74) is 5.41. The van der Waals surface area contributed by atoms with Gasteiger partial charge < -0.3 is 25.6 Å². The van der Waals surface area contributed by atoms with Crippen LogP contribution < -0.4 is 15.8 Å². The highest BCUT2D eigenvalue weighted by Gasteiger charge is 2.62. The van der Waals surface area contributed by atoms with Gasteiger partial charge in [-0.2, -0.15) is 0 Å². The topological polar surface area (TPSA) is 122 Å². The normalized spacial score (nSPS) is 19.2. The van der Waals surface area contributed by atoms with E-state index in [0.717, 1.165) is 62.7 Å². The van der Waals surface area contributed by atoms with Crippen LogP contribution >= 0.6 is 0 Å². The van der Waals surface area contributed by atoms with E-state index in [9.17, 15) is 19.2 Å². The van der Waals surface area contributed by atoms with Crippen molar-refractivity contribution in [2.75, 3.05) is 13.7 Å². The molecule has 1 aliphatic carbocycles. The van der Waals surface area contributed by atoms with Crippen LogP contribution in [0.25, 0.3) is 0 Å². The number of nitrogens with two attached hydrogens (primary N) is 1. The van der Waals surface area contributed by atoms with Gasteiger partial charge in [-0.15, -0.1) is 0 Å².